The van der Waals surface area contributed by atoms with Crippen LogP contribution in [0.2, 0.25) is 0 Å². The molecule has 1 atom stereocenters. The van der Waals surface area contributed by atoms with E-state index >= 15 is 0 Å². The highest BCUT2D eigenvalue weighted by Crippen LogP contribution is 2.51. The zero-order valence-electron chi connectivity index (χ0n) is 13.0. The van der Waals surface area contributed by atoms with Gasteiger partial charge in [0.05, 0.1) is 5.92 Å². The van der Waals surface area contributed by atoms with Crippen LogP contribution >= 0.6 is 0 Å². The highest BCUT2D eigenvalue weighted by Gasteiger charge is 2.57. The summed E-state index contributed by atoms with van der Waals surface area (Å²) in [5.74, 6) is -1.50. The number of ether oxygens (including phenoxy) is 1. The van der Waals surface area contributed by atoms with Crippen molar-refractivity contribution in [2.45, 2.75) is 30.5 Å². The third kappa shape index (κ3) is 3.16. The minimum absolute atomic E-state index is 0.127. The number of nitrogens with zero attached hydrogens (tertiary/aromatic N) is 2. The van der Waals surface area contributed by atoms with Gasteiger partial charge >= 0.3 is 6.18 Å². The summed E-state index contributed by atoms with van der Waals surface area (Å²) in [5, 5.41) is -0.127. The molecule has 2 fully saturated rings. The second-order valence-electron chi connectivity index (χ2n) is 6.36. The van der Waals surface area contributed by atoms with Crippen LogP contribution < -0.4 is 0 Å². The number of hydrogen-bond acceptors (Lipinski definition) is 4. The largest absolute Gasteiger partial charge is 0.392 e. The fourth-order valence-electron chi connectivity index (χ4n) is 3.75. The molecule has 9 heteroatoms. The predicted octanol–water partition coefficient (Wildman–Crippen LogP) is 2.45. The van der Waals surface area contributed by atoms with Gasteiger partial charge in [-0.3, -0.25) is 0 Å². The van der Waals surface area contributed by atoms with Gasteiger partial charge in [0.15, 0.2) is 5.03 Å². The Morgan fingerprint density at radius 2 is 1.96 bits per heavy atom. The van der Waals surface area contributed by atoms with E-state index in [0.29, 0.717) is 0 Å². The lowest BCUT2D eigenvalue weighted by atomic mass is 9.66. The number of rotatable bonds is 2. The quantitative estimate of drug-likeness (QED) is 0.809. The Balaban J connectivity index is 1.92. The third-order valence-corrected chi connectivity index (χ3v) is 6.78. The molecule has 1 aromatic rings. The molecule has 5 nitrogen and oxygen atoms in total. The van der Waals surface area contributed by atoms with Crippen molar-refractivity contribution in [2.24, 2.45) is 11.3 Å². The van der Waals surface area contributed by atoms with Crippen molar-refractivity contribution < 1.29 is 26.3 Å². The van der Waals surface area contributed by atoms with Crippen molar-refractivity contribution >= 4 is 10.0 Å². The van der Waals surface area contributed by atoms with Gasteiger partial charge < -0.3 is 4.74 Å². The summed E-state index contributed by atoms with van der Waals surface area (Å²) >= 11 is 0. The highest BCUT2D eigenvalue weighted by molar-refractivity contribution is 7.89. The molecule has 0 aromatic carbocycles. The first-order valence-corrected chi connectivity index (χ1v) is 9.25. The van der Waals surface area contributed by atoms with Crippen LogP contribution in [0.5, 0.6) is 0 Å². The Hall–Kier alpha value is -1.19. The molecule has 0 radical (unpaired) electrons. The molecule has 3 rings (SSSR count). The van der Waals surface area contributed by atoms with Gasteiger partial charge in [-0.15, -0.1) is 0 Å². The van der Waals surface area contributed by atoms with Crippen LogP contribution in [0.25, 0.3) is 0 Å². The Bertz CT molecular complexity index is 673. The van der Waals surface area contributed by atoms with Crippen LogP contribution in [0, 0.1) is 11.3 Å². The van der Waals surface area contributed by atoms with Gasteiger partial charge in [0.1, 0.15) is 0 Å². The van der Waals surface area contributed by atoms with E-state index in [1.807, 2.05) is 0 Å². The SMILES string of the molecule is O=S(=O)(c1ccccn1)N1CC[C@H](C(F)(F)F)C2(CCOCC2)C1. The van der Waals surface area contributed by atoms with E-state index in [1.54, 1.807) is 12.1 Å². The maximum Gasteiger partial charge on any atom is 0.392 e. The molecule has 2 aliphatic rings. The summed E-state index contributed by atoms with van der Waals surface area (Å²) in [6, 6.07) is 4.50. The summed E-state index contributed by atoms with van der Waals surface area (Å²) in [7, 11) is -3.89. The first kappa shape index (κ1) is 17.6. The summed E-state index contributed by atoms with van der Waals surface area (Å²) < 4.78 is 72.3. The number of pyridine rings is 1. The number of piperidine rings is 1. The van der Waals surface area contributed by atoms with Gasteiger partial charge in [0.25, 0.3) is 10.0 Å². The lowest BCUT2D eigenvalue weighted by Crippen LogP contribution is -2.56. The van der Waals surface area contributed by atoms with Gasteiger partial charge in [0, 0.05) is 37.9 Å². The van der Waals surface area contributed by atoms with Gasteiger partial charge in [-0.25, -0.2) is 13.4 Å². The van der Waals surface area contributed by atoms with Crippen LogP contribution in [0.4, 0.5) is 13.2 Å². The molecule has 0 unspecified atom stereocenters. The maximum absolute atomic E-state index is 13.5. The van der Waals surface area contributed by atoms with Crippen molar-refractivity contribution in [1.29, 1.82) is 0 Å². The van der Waals surface area contributed by atoms with E-state index in [-0.39, 0.29) is 50.6 Å². The normalized spacial score (nSPS) is 25.7. The number of halogens is 3. The van der Waals surface area contributed by atoms with Crippen LogP contribution in [-0.4, -0.2) is 50.2 Å². The molecule has 0 N–H and O–H groups in total. The molecule has 2 saturated heterocycles. The lowest BCUT2D eigenvalue weighted by Gasteiger charge is -2.49. The lowest BCUT2D eigenvalue weighted by molar-refractivity contribution is -0.231. The Labute approximate surface area is 138 Å². The third-order valence-electron chi connectivity index (χ3n) is 5.02. The fourth-order valence-corrected chi connectivity index (χ4v) is 5.23. The van der Waals surface area contributed by atoms with Crippen molar-refractivity contribution in [3.63, 3.8) is 0 Å². The summed E-state index contributed by atoms with van der Waals surface area (Å²) in [6.07, 6.45) is -2.77. The smallest absolute Gasteiger partial charge is 0.381 e. The molecule has 1 spiro atoms. The van der Waals surface area contributed by atoms with Crippen molar-refractivity contribution in [3.8, 4) is 0 Å². The molecule has 0 aliphatic carbocycles. The Morgan fingerprint density at radius 3 is 2.54 bits per heavy atom. The zero-order chi connectivity index (χ0) is 17.4. The van der Waals surface area contributed by atoms with Crippen LogP contribution in [0.15, 0.2) is 29.4 Å². The van der Waals surface area contributed by atoms with E-state index in [9.17, 15) is 21.6 Å². The van der Waals surface area contributed by atoms with Crippen molar-refractivity contribution in [1.82, 2.24) is 9.29 Å². The standard InChI is InChI=1S/C15H19F3N2O3S/c16-15(17,18)12-4-8-20(11-14(12)5-9-23-10-6-14)24(21,22)13-3-1-2-7-19-13/h1-3,7,12H,4-6,8-11H2/t12-/m0/s1. The van der Waals surface area contributed by atoms with Crippen LogP contribution in [0.1, 0.15) is 19.3 Å². The van der Waals surface area contributed by atoms with Crippen molar-refractivity contribution in [2.75, 3.05) is 26.3 Å². The molecular weight excluding hydrogens is 345 g/mol. The average molecular weight is 364 g/mol. The van der Waals surface area contributed by atoms with Gasteiger partial charge in [-0.05, 0) is 31.4 Å². The molecule has 3 heterocycles. The molecule has 24 heavy (non-hydrogen) atoms. The predicted molar refractivity (Wildman–Crippen MR) is 79.6 cm³/mol. The second kappa shape index (κ2) is 6.27. The molecule has 134 valence electrons. The number of aromatic nitrogens is 1. The van der Waals surface area contributed by atoms with E-state index < -0.39 is 27.5 Å². The molecule has 0 bridgehead atoms. The summed E-state index contributed by atoms with van der Waals surface area (Å²) in [5.41, 5.74) is -1.11. The van der Waals surface area contributed by atoms with Crippen molar-refractivity contribution in [3.05, 3.63) is 24.4 Å². The highest BCUT2D eigenvalue weighted by atomic mass is 32.2. The van der Waals surface area contributed by atoms with Crippen LogP contribution in [0.3, 0.4) is 0 Å². The zero-order valence-corrected chi connectivity index (χ0v) is 13.8. The molecular formula is C15H19F3N2O3S. The minimum atomic E-state index is -4.34. The maximum atomic E-state index is 13.5. The number of sulfonamides is 1. The van der Waals surface area contributed by atoms with E-state index in [4.69, 9.17) is 4.74 Å². The van der Waals surface area contributed by atoms with Crippen LogP contribution in [-0.2, 0) is 14.8 Å². The molecule has 0 amide bonds. The van der Waals surface area contributed by atoms with Gasteiger partial charge in [0.2, 0.25) is 0 Å². The average Bonchev–Trinajstić information content (AvgIpc) is 2.55. The van der Waals surface area contributed by atoms with E-state index in [2.05, 4.69) is 4.98 Å². The fraction of sp³-hybridized carbons (Fsp3) is 0.667. The Morgan fingerprint density at radius 1 is 1.25 bits per heavy atom. The first-order chi connectivity index (χ1) is 11.3. The topological polar surface area (TPSA) is 59.5 Å². The molecule has 1 aromatic heterocycles. The monoisotopic (exact) mass is 364 g/mol. The van der Waals surface area contributed by atoms with E-state index in [0.717, 1.165) is 4.31 Å². The minimum Gasteiger partial charge on any atom is -0.381 e. The Kier molecular flexibility index (Phi) is 4.61. The molecule has 0 saturated carbocycles. The summed E-state index contributed by atoms with van der Waals surface area (Å²) in [4.78, 5) is 3.85. The van der Waals surface area contributed by atoms with Gasteiger partial charge in [-0.1, -0.05) is 6.07 Å². The first-order valence-electron chi connectivity index (χ1n) is 7.81. The van der Waals surface area contributed by atoms with E-state index in [1.165, 1.54) is 12.3 Å². The molecule has 2 aliphatic heterocycles. The number of hydrogen-bond donors (Lipinski definition) is 0. The second-order valence-corrected chi connectivity index (χ2v) is 8.25. The number of alkyl halides is 3. The summed E-state index contributed by atoms with van der Waals surface area (Å²) in [6.45, 7) is 0.166. The van der Waals surface area contributed by atoms with Gasteiger partial charge in [-0.2, -0.15) is 17.5 Å².